The fourth-order valence-electron chi connectivity index (χ4n) is 3.83. The highest BCUT2D eigenvalue weighted by Crippen LogP contribution is 2.19. The molecule has 2 amide bonds. The maximum Gasteiger partial charge on any atom is 0.243 e. The van der Waals surface area contributed by atoms with E-state index in [0.29, 0.717) is 35.8 Å². The zero-order valence-electron chi connectivity index (χ0n) is 20.6. The summed E-state index contributed by atoms with van der Waals surface area (Å²) in [7, 11) is 0. The van der Waals surface area contributed by atoms with Crippen molar-refractivity contribution in [3.63, 3.8) is 0 Å². The molecule has 0 aliphatic carbocycles. The first-order valence-corrected chi connectivity index (χ1v) is 12.5. The monoisotopic (exact) mass is 510 g/mol. The highest BCUT2D eigenvalue weighted by molar-refractivity contribution is 6.30. The van der Waals surface area contributed by atoms with Crippen LogP contribution in [-0.2, 0) is 22.6 Å². The molecule has 5 nitrogen and oxygen atoms in total. The second-order valence-corrected chi connectivity index (χ2v) is 9.32. The average molecular weight is 511 g/mol. The summed E-state index contributed by atoms with van der Waals surface area (Å²) in [6.45, 7) is 4.05. The molecule has 0 spiro atoms. The van der Waals surface area contributed by atoms with Gasteiger partial charge in [-0.15, -0.1) is 0 Å². The molecule has 0 saturated heterocycles. The van der Waals surface area contributed by atoms with Crippen LogP contribution < -0.4 is 10.1 Å². The van der Waals surface area contributed by atoms with Gasteiger partial charge in [0.2, 0.25) is 11.8 Å². The van der Waals surface area contributed by atoms with Crippen molar-refractivity contribution in [2.45, 2.75) is 51.7 Å². The van der Waals surface area contributed by atoms with Gasteiger partial charge in [0, 0.05) is 36.0 Å². The number of carbonyl (C=O) groups is 2. The Hall–Kier alpha value is -3.38. The van der Waals surface area contributed by atoms with Crippen LogP contribution in [-0.4, -0.2) is 35.4 Å². The number of nitrogens with zero attached hydrogens (tertiary/aromatic N) is 1. The predicted octanol–water partition coefficient (Wildman–Crippen LogP) is 5.80. The number of carbonyl (C=O) groups excluding carboxylic acids is 2. The summed E-state index contributed by atoms with van der Waals surface area (Å²) in [5.41, 5.74) is 1.28. The van der Waals surface area contributed by atoms with Crippen LogP contribution in [0.2, 0.25) is 5.02 Å². The standard InChI is InChI=1S/C29H32ClFN2O3/c1-21(2)32-29(35)27(19-22-9-4-3-5-10-22)33(20-23-11-6-7-12-26(23)31)28(34)13-8-18-36-25-16-14-24(30)15-17-25/h3-7,9-12,14-17,21,27H,8,13,18-20H2,1-2H3,(H,32,35). The number of ether oxygens (including phenoxy) is 1. The number of benzene rings is 3. The molecule has 3 aromatic rings. The fourth-order valence-corrected chi connectivity index (χ4v) is 3.96. The van der Waals surface area contributed by atoms with Crippen LogP contribution in [0.3, 0.4) is 0 Å². The molecule has 7 heteroatoms. The first kappa shape index (κ1) is 27.2. The molecule has 3 rings (SSSR count). The smallest absolute Gasteiger partial charge is 0.243 e. The lowest BCUT2D eigenvalue weighted by Crippen LogP contribution is -2.51. The molecule has 190 valence electrons. The van der Waals surface area contributed by atoms with Crippen molar-refractivity contribution in [1.82, 2.24) is 10.2 Å². The zero-order chi connectivity index (χ0) is 25.9. The average Bonchev–Trinajstić information content (AvgIpc) is 2.86. The minimum Gasteiger partial charge on any atom is -0.494 e. The molecule has 0 saturated carbocycles. The van der Waals surface area contributed by atoms with E-state index in [1.165, 1.54) is 11.0 Å². The molecular formula is C29H32ClFN2O3. The van der Waals surface area contributed by atoms with Gasteiger partial charge in [0.1, 0.15) is 17.6 Å². The molecule has 0 aliphatic heterocycles. The number of hydrogen-bond donors (Lipinski definition) is 1. The van der Waals surface area contributed by atoms with E-state index in [9.17, 15) is 14.0 Å². The van der Waals surface area contributed by atoms with E-state index in [0.717, 1.165) is 5.56 Å². The van der Waals surface area contributed by atoms with Crippen molar-refractivity contribution in [3.8, 4) is 5.75 Å². The molecule has 0 fully saturated rings. The first-order chi connectivity index (χ1) is 17.3. The molecule has 1 N–H and O–H groups in total. The number of halogens is 2. The van der Waals surface area contributed by atoms with Gasteiger partial charge in [0.25, 0.3) is 0 Å². The van der Waals surface area contributed by atoms with Gasteiger partial charge in [-0.05, 0) is 56.2 Å². The minimum absolute atomic E-state index is 0.00738. The third-order valence-electron chi connectivity index (χ3n) is 5.62. The van der Waals surface area contributed by atoms with Crippen molar-refractivity contribution in [2.24, 2.45) is 0 Å². The Labute approximate surface area is 217 Å². The normalized spacial score (nSPS) is 11.7. The Kier molecular flexibility index (Phi) is 10.3. The molecule has 0 radical (unpaired) electrons. The van der Waals surface area contributed by atoms with Crippen molar-refractivity contribution >= 4 is 23.4 Å². The zero-order valence-corrected chi connectivity index (χ0v) is 21.4. The molecule has 0 bridgehead atoms. The third-order valence-corrected chi connectivity index (χ3v) is 5.87. The molecule has 0 aliphatic rings. The van der Waals surface area contributed by atoms with E-state index in [1.54, 1.807) is 42.5 Å². The number of rotatable bonds is 12. The Balaban J connectivity index is 1.79. The summed E-state index contributed by atoms with van der Waals surface area (Å²) in [5, 5.41) is 3.55. The minimum atomic E-state index is -0.793. The maximum absolute atomic E-state index is 14.6. The van der Waals surface area contributed by atoms with Crippen LogP contribution >= 0.6 is 11.6 Å². The molecular weight excluding hydrogens is 479 g/mol. The second-order valence-electron chi connectivity index (χ2n) is 8.89. The van der Waals surface area contributed by atoms with E-state index in [-0.39, 0.29) is 30.8 Å². The summed E-state index contributed by atoms with van der Waals surface area (Å²) >= 11 is 5.91. The lowest BCUT2D eigenvalue weighted by molar-refractivity contribution is -0.141. The first-order valence-electron chi connectivity index (χ1n) is 12.1. The van der Waals surface area contributed by atoms with Crippen molar-refractivity contribution in [2.75, 3.05) is 6.61 Å². The van der Waals surface area contributed by atoms with Crippen molar-refractivity contribution in [1.29, 1.82) is 0 Å². The highest BCUT2D eigenvalue weighted by Gasteiger charge is 2.31. The third kappa shape index (κ3) is 8.38. The van der Waals surface area contributed by atoms with Crippen molar-refractivity contribution in [3.05, 3.63) is 101 Å². The number of amides is 2. The van der Waals surface area contributed by atoms with Crippen molar-refractivity contribution < 1.29 is 18.7 Å². The Morgan fingerprint density at radius 1 is 0.972 bits per heavy atom. The summed E-state index contributed by atoms with van der Waals surface area (Å²) in [5.74, 6) is -0.258. The van der Waals surface area contributed by atoms with Gasteiger partial charge < -0.3 is 15.0 Å². The van der Waals surface area contributed by atoms with E-state index >= 15 is 0 Å². The molecule has 1 atom stereocenters. The van der Waals surface area contributed by atoms with Crippen LogP contribution in [0.15, 0.2) is 78.9 Å². The van der Waals surface area contributed by atoms with Gasteiger partial charge in [-0.1, -0.05) is 60.1 Å². The molecule has 1 unspecified atom stereocenters. The van der Waals surface area contributed by atoms with Crippen LogP contribution in [0.25, 0.3) is 0 Å². The SMILES string of the molecule is CC(C)NC(=O)C(Cc1ccccc1)N(Cc1ccccc1F)C(=O)CCCOc1ccc(Cl)cc1. The Morgan fingerprint density at radius 3 is 2.31 bits per heavy atom. The predicted molar refractivity (Wildman–Crippen MR) is 140 cm³/mol. The van der Waals surface area contributed by atoms with Crippen LogP contribution in [0.5, 0.6) is 5.75 Å². The van der Waals surface area contributed by atoms with Gasteiger partial charge in [0.15, 0.2) is 0 Å². The van der Waals surface area contributed by atoms with Gasteiger partial charge in [-0.2, -0.15) is 0 Å². The molecule has 0 heterocycles. The second kappa shape index (κ2) is 13.6. The summed E-state index contributed by atoms with van der Waals surface area (Å²) < 4.78 is 20.3. The summed E-state index contributed by atoms with van der Waals surface area (Å²) in [4.78, 5) is 28.3. The van der Waals surface area contributed by atoms with E-state index < -0.39 is 11.9 Å². The Bertz CT molecular complexity index is 1120. The van der Waals surface area contributed by atoms with Crippen LogP contribution in [0.1, 0.15) is 37.8 Å². The van der Waals surface area contributed by atoms with Crippen LogP contribution in [0, 0.1) is 5.82 Å². The van der Waals surface area contributed by atoms with Gasteiger partial charge in [0.05, 0.1) is 6.61 Å². The lowest BCUT2D eigenvalue weighted by atomic mass is 10.0. The topological polar surface area (TPSA) is 58.6 Å². The maximum atomic E-state index is 14.6. The molecule has 3 aromatic carbocycles. The number of hydrogen-bond acceptors (Lipinski definition) is 3. The number of nitrogens with one attached hydrogen (secondary N) is 1. The van der Waals surface area contributed by atoms with E-state index in [4.69, 9.17) is 16.3 Å². The highest BCUT2D eigenvalue weighted by atomic mass is 35.5. The van der Waals surface area contributed by atoms with E-state index in [1.807, 2.05) is 44.2 Å². The van der Waals surface area contributed by atoms with E-state index in [2.05, 4.69) is 5.32 Å². The lowest BCUT2D eigenvalue weighted by Gasteiger charge is -2.32. The van der Waals surface area contributed by atoms with Gasteiger partial charge in [-0.25, -0.2) is 4.39 Å². The Morgan fingerprint density at radius 2 is 1.64 bits per heavy atom. The largest absolute Gasteiger partial charge is 0.494 e. The molecule has 36 heavy (non-hydrogen) atoms. The fraction of sp³-hybridized carbons (Fsp3) is 0.310. The summed E-state index contributed by atoms with van der Waals surface area (Å²) in [6, 6.07) is 21.9. The molecule has 0 aromatic heterocycles. The van der Waals surface area contributed by atoms with Gasteiger partial charge in [-0.3, -0.25) is 9.59 Å². The van der Waals surface area contributed by atoms with Crippen LogP contribution in [0.4, 0.5) is 4.39 Å². The quantitative estimate of drug-likeness (QED) is 0.313. The van der Waals surface area contributed by atoms with Gasteiger partial charge >= 0.3 is 0 Å². The summed E-state index contributed by atoms with van der Waals surface area (Å²) in [6.07, 6.45) is 0.919.